The van der Waals surface area contributed by atoms with E-state index in [2.05, 4.69) is 12.6 Å². The van der Waals surface area contributed by atoms with Gasteiger partial charge >= 0.3 is 0 Å². The van der Waals surface area contributed by atoms with Crippen LogP contribution in [0.4, 0.5) is 0 Å². The van der Waals surface area contributed by atoms with Crippen LogP contribution in [-0.4, -0.2) is 10.4 Å². The van der Waals surface area contributed by atoms with Gasteiger partial charge in [-0.15, -0.1) is 0 Å². The Labute approximate surface area is 99.6 Å². The molecule has 0 aliphatic heterocycles. The maximum absolute atomic E-state index is 11.7. The Morgan fingerprint density at radius 1 is 1.47 bits per heavy atom. The predicted molar refractivity (Wildman–Crippen MR) is 66.5 cm³/mol. The van der Waals surface area contributed by atoms with E-state index >= 15 is 0 Å². The molecule has 0 aliphatic rings. The van der Waals surface area contributed by atoms with E-state index in [1.165, 1.54) is 0 Å². The lowest BCUT2D eigenvalue weighted by Crippen LogP contribution is -2.09. The number of carbonyl (C=O) groups is 1. The number of para-hydroxylation sites is 1. The summed E-state index contributed by atoms with van der Waals surface area (Å²) in [6.07, 6.45) is 1.71. The van der Waals surface area contributed by atoms with Gasteiger partial charge in [0.15, 0.2) is 5.78 Å². The minimum atomic E-state index is -0.0183. The van der Waals surface area contributed by atoms with Crippen LogP contribution < -0.4 is 0 Å². The van der Waals surface area contributed by atoms with Crippen LogP contribution >= 0.6 is 0 Å². The molecule has 0 saturated carbocycles. The molecule has 2 rings (SSSR count). The number of benzene rings is 1. The molecular weight excluding hydrogens is 212 g/mol. The van der Waals surface area contributed by atoms with Crippen LogP contribution in [0.2, 0.25) is 0 Å². The van der Waals surface area contributed by atoms with Crippen molar-refractivity contribution >= 4 is 16.7 Å². The number of carbonyl (C=O) groups excluding carboxylic acids is 1. The summed E-state index contributed by atoms with van der Waals surface area (Å²) in [5, 5.41) is 9.91. The Morgan fingerprint density at radius 2 is 2.18 bits per heavy atom. The summed E-state index contributed by atoms with van der Waals surface area (Å²) < 4.78 is 1.80. The molecule has 0 bridgehead atoms. The summed E-state index contributed by atoms with van der Waals surface area (Å²) in [4.78, 5) is 11.7. The highest BCUT2D eigenvalue weighted by atomic mass is 16.1. The molecule has 0 amide bonds. The standard InChI is InChI=1S/C14H12N2O/c1-10(2)14(17)9-16-8-11(7-15)12-5-3-4-6-13(12)16/h3-6,8H,1,9H2,2H3. The van der Waals surface area contributed by atoms with Crippen LogP contribution in [-0.2, 0) is 11.3 Å². The zero-order valence-corrected chi connectivity index (χ0v) is 9.60. The van der Waals surface area contributed by atoms with Crippen molar-refractivity contribution in [2.75, 3.05) is 0 Å². The smallest absolute Gasteiger partial charge is 0.177 e. The molecule has 3 nitrogen and oxygen atoms in total. The topological polar surface area (TPSA) is 45.8 Å². The number of rotatable bonds is 3. The molecule has 3 heteroatoms. The second kappa shape index (κ2) is 4.26. The van der Waals surface area contributed by atoms with Crippen molar-refractivity contribution in [3.05, 3.63) is 48.2 Å². The average molecular weight is 224 g/mol. The van der Waals surface area contributed by atoms with Gasteiger partial charge in [-0.1, -0.05) is 24.8 Å². The van der Waals surface area contributed by atoms with Gasteiger partial charge in [0, 0.05) is 17.1 Å². The molecular formula is C14H12N2O. The second-order valence-electron chi connectivity index (χ2n) is 4.00. The van der Waals surface area contributed by atoms with E-state index in [0.717, 1.165) is 10.9 Å². The van der Waals surface area contributed by atoms with Crippen LogP contribution in [0.25, 0.3) is 10.9 Å². The second-order valence-corrected chi connectivity index (χ2v) is 4.00. The minimum Gasteiger partial charge on any atom is -0.338 e. The van der Waals surface area contributed by atoms with Crippen molar-refractivity contribution in [1.82, 2.24) is 4.57 Å². The number of ketones is 1. The monoisotopic (exact) mass is 224 g/mol. The first-order chi connectivity index (χ1) is 8.13. The number of hydrogen-bond donors (Lipinski definition) is 0. The lowest BCUT2D eigenvalue weighted by Gasteiger charge is -2.03. The maximum Gasteiger partial charge on any atom is 0.177 e. The molecule has 0 fully saturated rings. The summed E-state index contributed by atoms with van der Waals surface area (Å²) >= 11 is 0. The van der Waals surface area contributed by atoms with Gasteiger partial charge in [0.1, 0.15) is 6.07 Å². The molecule has 0 aliphatic carbocycles. The number of hydrogen-bond acceptors (Lipinski definition) is 2. The normalized spacial score (nSPS) is 10.1. The van der Waals surface area contributed by atoms with Gasteiger partial charge in [-0.25, -0.2) is 0 Å². The van der Waals surface area contributed by atoms with Gasteiger partial charge in [0.2, 0.25) is 0 Å². The molecule has 0 N–H and O–H groups in total. The number of allylic oxidation sites excluding steroid dienone is 1. The third kappa shape index (κ3) is 1.98. The van der Waals surface area contributed by atoms with E-state index in [0.29, 0.717) is 11.1 Å². The zero-order valence-electron chi connectivity index (χ0n) is 9.60. The molecule has 2 aromatic rings. The Hall–Kier alpha value is -2.34. The SMILES string of the molecule is C=C(C)C(=O)Cn1cc(C#N)c2ccccc21. The van der Waals surface area contributed by atoms with E-state index in [1.807, 2.05) is 24.3 Å². The fourth-order valence-electron chi connectivity index (χ4n) is 1.76. The molecule has 0 spiro atoms. The van der Waals surface area contributed by atoms with Crippen molar-refractivity contribution in [2.45, 2.75) is 13.5 Å². The van der Waals surface area contributed by atoms with Crippen molar-refractivity contribution in [2.24, 2.45) is 0 Å². The van der Waals surface area contributed by atoms with Gasteiger partial charge in [0.05, 0.1) is 12.1 Å². The minimum absolute atomic E-state index is 0.0183. The molecule has 0 unspecified atom stereocenters. The molecule has 0 atom stereocenters. The van der Waals surface area contributed by atoms with Crippen LogP contribution in [0.15, 0.2) is 42.6 Å². The summed E-state index contributed by atoms with van der Waals surface area (Å²) in [6, 6.07) is 9.70. The van der Waals surface area contributed by atoms with Gasteiger partial charge in [0.25, 0.3) is 0 Å². The molecule has 1 aromatic carbocycles. The van der Waals surface area contributed by atoms with Crippen molar-refractivity contribution < 1.29 is 4.79 Å². The largest absolute Gasteiger partial charge is 0.338 e. The predicted octanol–water partition coefficient (Wildman–Crippen LogP) is 2.66. The molecule has 17 heavy (non-hydrogen) atoms. The fraction of sp³-hybridized carbons (Fsp3) is 0.143. The Bertz CT molecular complexity index is 644. The van der Waals surface area contributed by atoms with Gasteiger partial charge < -0.3 is 4.57 Å². The number of Topliss-reactive ketones (excluding diaryl/α,β-unsaturated/α-hetero) is 1. The maximum atomic E-state index is 11.7. The van der Waals surface area contributed by atoms with E-state index in [-0.39, 0.29) is 12.3 Å². The number of nitrogens with zero attached hydrogens (tertiary/aromatic N) is 2. The van der Waals surface area contributed by atoms with Gasteiger partial charge in [-0.3, -0.25) is 4.79 Å². The van der Waals surface area contributed by atoms with Crippen molar-refractivity contribution in [1.29, 1.82) is 5.26 Å². The van der Waals surface area contributed by atoms with Gasteiger partial charge in [-0.05, 0) is 18.6 Å². The van der Waals surface area contributed by atoms with E-state index in [4.69, 9.17) is 5.26 Å². The number of nitriles is 1. The number of fused-ring (bicyclic) bond motifs is 1. The average Bonchev–Trinajstić information content (AvgIpc) is 2.68. The highest BCUT2D eigenvalue weighted by Gasteiger charge is 2.10. The Morgan fingerprint density at radius 3 is 2.82 bits per heavy atom. The van der Waals surface area contributed by atoms with Crippen LogP contribution in [0.1, 0.15) is 12.5 Å². The third-order valence-corrected chi connectivity index (χ3v) is 2.70. The summed E-state index contributed by atoms with van der Waals surface area (Å²) in [6.45, 7) is 5.56. The first-order valence-electron chi connectivity index (χ1n) is 5.30. The van der Waals surface area contributed by atoms with Crippen LogP contribution in [0.5, 0.6) is 0 Å². The first-order valence-corrected chi connectivity index (χ1v) is 5.30. The Balaban J connectivity index is 2.52. The third-order valence-electron chi connectivity index (χ3n) is 2.70. The zero-order chi connectivity index (χ0) is 12.4. The van der Waals surface area contributed by atoms with Crippen molar-refractivity contribution in [3.8, 4) is 6.07 Å². The lowest BCUT2D eigenvalue weighted by atomic mass is 10.2. The Kier molecular flexibility index (Phi) is 2.80. The highest BCUT2D eigenvalue weighted by molar-refractivity contribution is 5.95. The summed E-state index contributed by atoms with van der Waals surface area (Å²) in [5.41, 5.74) is 2.02. The van der Waals surface area contributed by atoms with Crippen molar-refractivity contribution in [3.63, 3.8) is 0 Å². The lowest BCUT2D eigenvalue weighted by molar-refractivity contribution is -0.115. The molecule has 0 saturated heterocycles. The quantitative estimate of drug-likeness (QED) is 0.752. The number of aromatic nitrogens is 1. The highest BCUT2D eigenvalue weighted by Crippen LogP contribution is 2.20. The van der Waals surface area contributed by atoms with E-state index in [9.17, 15) is 4.79 Å². The van der Waals surface area contributed by atoms with Crippen LogP contribution in [0.3, 0.4) is 0 Å². The molecule has 84 valence electrons. The van der Waals surface area contributed by atoms with Gasteiger partial charge in [-0.2, -0.15) is 5.26 Å². The first kappa shape index (κ1) is 11.2. The molecule has 1 aromatic heterocycles. The molecule has 1 heterocycles. The van der Waals surface area contributed by atoms with E-state index in [1.54, 1.807) is 17.7 Å². The van der Waals surface area contributed by atoms with E-state index < -0.39 is 0 Å². The molecule has 0 radical (unpaired) electrons. The summed E-state index contributed by atoms with van der Waals surface area (Å²) in [5.74, 6) is -0.0183. The van der Waals surface area contributed by atoms with Crippen LogP contribution in [0, 0.1) is 11.3 Å². The fourth-order valence-corrected chi connectivity index (χ4v) is 1.76. The summed E-state index contributed by atoms with van der Waals surface area (Å²) in [7, 11) is 0.